The third-order valence-corrected chi connectivity index (χ3v) is 3.94. The van der Waals surface area contributed by atoms with Crippen molar-refractivity contribution in [2.45, 2.75) is 25.2 Å². The Bertz CT molecular complexity index is 402. The number of amides is 1. The lowest BCUT2D eigenvalue weighted by atomic mass is 9.95. The Morgan fingerprint density at radius 2 is 2.20 bits per heavy atom. The van der Waals surface area contributed by atoms with Crippen LogP contribution in [0.15, 0.2) is 30.3 Å². The van der Waals surface area contributed by atoms with Crippen LogP contribution >= 0.6 is 0 Å². The van der Waals surface area contributed by atoms with Gasteiger partial charge in [-0.2, -0.15) is 0 Å². The third-order valence-electron chi connectivity index (χ3n) is 3.94. The van der Waals surface area contributed by atoms with Gasteiger partial charge in [-0.15, -0.1) is 0 Å². The first-order valence-electron chi connectivity index (χ1n) is 7.45. The van der Waals surface area contributed by atoms with Crippen LogP contribution in [-0.4, -0.2) is 37.3 Å². The van der Waals surface area contributed by atoms with Crippen LogP contribution in [-0.2, 0) is 4.79 Å². The quantitative estimate of drug-likeness (QED) is 0.733. The molecule has 1 aliphatic rings. The minimum absolute atomic E-state index is 0.0919. The minimum Gasteiger partial charge on any atom is -0.396 e. The first-order chi connectivity index (χ1) is 9.81. The molecule has 1 fully saturated rings. The molecule has 1 aromatic carbocycles. The molecule has 4 heteroatoms. The fraction of sp³-hybridized carbons (Fsp3) is 0.562. The number of nitrogens with one attached hydrogen (secondary N) is 2. The Morgan fingerprint density at radius 3 is 2.85 bits per heavy atom. The van der Waals surface area contributed by atoms with Crippen molar-refractivity contribution in [3.8, 4) is 0 Å². The molecule has 3 N–H and O–H groups in total. The molecule has 1 amide bonds. The number of carbonyl (C=O) groups excluding carboxylic acids is 1. The van der Waals surface area contributed by atoms with E-state index in [0.717, 1.165) is 25.9 Å². The van der Waals surface area contributed by atoms with Gasteiger partial charge in [-0.3, -0.25) is 4.79 Å². The van der Waals surface area contributed by atoms with Crippen LogP contribution in [0.25, 0.3) is 0 Å². The predicted octanol–water partition coefficient (Wildman–Crippen LogP) is 1.27. The predicted molar refractivity (Wildman–Crippen MR) is 79.5 cm³/mol. The van der Waals surface area contributed by atoms with Crippen LogP contribution in [0.5, 0.6) is 0 Å². The second kappa shape index (κ2) is 8.02. The summed E-state index contributed by atoms with van der Waals surface area (Å²) in [4.78, 5) is 12.1. The van der Waals surface area contributed by atoms with Crippen molar-refractivity contribution in [1.29, 1.82) is 0 Å². The lowest BCUT2D eigenvalue weighted by Crippen LogP contribution is -2.41. The molecule has 0 bridgehead atoms. The molecule has 4 nitrogen and oxygen atoms in total. The zero-order chi connectivity index (χ0) is 14.2. The van der Waals surface area contributed by atoms with Gasteiger partial charge in [0.2, 0.25) is 5.91 Å². The summed E-state index contributed by atoms with van der Waals surface area (Å²) in [7, 11) is 0. The maximum absolute atomic E-state index is 12.1. The summed E-state index contributed by atoms with van der Waals surface area (Å²) in [5.41, 5.74) is 1.17. The summed E-state index contributed by atoms with van der Waals surface area (Å²) < 4.78 is 0. The fourth-order valence-corrected chi connectivity index (χ4v) is 2.71. The lowest BCUT2D eigenvalue weighted by Gasteiger charge is -2.23. The van der Waals surface area contributed by atoms with Crippen LogP contribution in [0.4, 0.5) is 0 Å². The molecule has 1 aromatic rings. The minimum atomic E-state index is 0.0919. The summed E-state index contributed by atoms with van der Waals surface area (Å²) in [6.07, 6.45) is 2.71. The Morgan fingerprint density at radius 1 is 1.40 bits per heavy atom. The largest absolute Gasteiger partial charge is 0.396 e. The van der Waals surface area contributed by atoms with E-state index in [1.54, 1.807) is 0 Å². The van der Waals surface area contributed by atoms with Crippen molar-refractivity contribution in [2.24, 2.45) is 5.92 Å². The monoisotopic (exact) mass is 276 g/mol. The number of hydrogen-bond acceptors (Lipinski definition) is 3. The SMILES string of the molecule is O=C(NCC(CCO)c1ccccc1)C1CCCNC1. The molecule has 110 valence electrons. The van der Waals surface area contributed by atoms with Crippen molar-refractivity contribution >= 4 is 5.91 Å². The highest BCUT2D eigenvalue weighted by Gasteiger charge is 2.21. The maximum Gasteiger partial charge on any atom is 0.224 e. The smallest absolute Gasteiger partial charge is 0.224 e. The molecule has 1 saturated heterocycles. The molecule has 20 heavy (non-hydrogen) atoms. The van der Waals surface area contributed by atoms with E-state index >= 15 is 0 Å². The van der Waals surface area contributed by atoms with Gasteiger partial charge in [0, 0.05) is 25.6 Å². The van der Waals surface area contributed by atoms with Gasteiger partial charge >= 0.3 is 0 Å². The van der Waals surface area contributed by atoms with E-state index in [-0.39, 0.29) is 24.3 Å². The van der Waals surface area contributed by atoms with E-state index < -0.39 is 0 Å². The first kappa shape index (κ1) is 15.0. The standard InChI is InChI=1S/C16H24N2O2/c19-10-8-14(13-5-2-1-3-6-13)12-18-16(20)15-7-4-9-17-11-15/h1-3,5-6,14-15,17,19H,4,7-12H2,(H,18,20). The average Bonchev–Trinajstić information content (AvgIpc) is 2.53. The van der Waals surface area contributed by atoms with Gasteiger partial charge < -0.3 is 15.7 Å². The first-order valence-corrected chi connectivity index (χ1v) is 7.45. The number of rotatable bonds is 6. The molecule has 0 radical (unpaired) electrons. The number of aliphatic hydroxyl groups excluding tert-OH is 1. The summed E-state index contributed by atoms with van der Waals surface area (Å²) in [5.74, 6) is 0.409. The lowest BCUT2D eigenvalue weighted by molar-refractivity contribution is -0.125. The molecule has 0 aromatic heterocycles. The van der Waals surface area contributed by atoms with Crippen molar-refractivity contribution in [3.63, 3.8) is 0 Å². The van der Waals surface area contributed by atoms with Crippen molar-refractivity contribution in [3.05, 3.63) is 35.9 Å². The van der Waals surface area contributed by atoms with Crippen molar-refractivity contribution in [2.75, 3.05) is 26.2 Å². The highest BCUT2D eigenvalue weighted by molar-refractivity contribution is 5.79. The maximum atomic E-state index is 12.1. The molecule has 0 aliphatic carbocycles. The van der Waals surface area contributed by atoms with Gasteiger partial charge in [-0.1, -0.05) is 30.3 Å². The Balaban J connectivity index is 1.87. The van der Waals surface area contributed by atoms with E-state index in [4.69, 9.17) is 0 Å². The topological polar surface area (TPSA) is 61.4 Å². The van der Waals surface area contributed by atoms with Gasteiger partial charge in [0.05, 0.1) is 5.92 Å². The van der Waals surface area contributed by atoms with Crippen LogP contribution in [0.2, 0.25) is 0 Å². The summed E-state index contributed by atoms with van der Waals surface area (Å²) >= 11 is 0. The number of benzene rings is 1. The molecule has 2 unspecified atom stereocenters. The molecular formula is C16H24N2O2. The van der Waals surface area contributed by atoms with Crippen LogP contribution in [0.3, 0.4) is 0 Å². The molecule has 1 heterocycles. The number of hydrogen-bond donors (Lipinski definition) is 3. The second-order valence-electron chi connectivity index (χ2n) is 5.41. The van der Waals surface area contributed by atoms with Crippen molar-refractivity contribution < 1.29 is 9.90 Å². The fourth-order valence-electron chi connectivity index (χ4n) is 2.71. The second-order valence-corrected chi connectivity index (χ2v) is 5.41. The van der Waals surface area contributed by atoms with Crippen LogP contribution < -0.4 is 10.6 Å². The number of carbonyl (C=O) groups is 1. The Kier molecular flexibility index (Phi) is 6.02. The molecule has 0 saturated carbocycles. The van der Waals surface area contributed by atoms with Crippen LogP contribution in [0.1, 0.15) is 30.7 Å². The number of aliphatic hydroxyl groups is 1. The van der Waals surface area contributed by atoms with Gasteiger partial charge in [-0.05, 0) is 31.4 Å². The van der Waals surface area contributed by atoms with E-state index in [2.05, 4.69) is 22.8 Å². The summed E-state index contributed by atoms with van der Waals surface area (Å²) in [5, 5.41) is 15.5. The molecule has 2 rings (SSSR count). The highest BCUT2D eigenvalue weighted by Crippen LogP contribution is 2.18. The van der Waals surface area contributed by atoms with E-state index in [0.29, 0.717) is 13.0 Å². The van der Waals surface area contributed by atoms with Gasteiger partial charge in [0.25, 0.3) is 0 Å². The van der Waals surface area contributed by atoms with Gasteiger partial charge in [-0.25, -0.2) is 0 Å². The average molecular weight is 276 g/mol. The van der Waals surface area contributed by atoms with Gasteiger partial charge in [0.15, 0.2) is 0 Å². The molecule has 1 aliphatic heterocycles. The Hall–Kier alpha value is -1.39. The zero-order valence-corrected chi connectivity index (χ0v) is 11.8. The zero-order valence-electron chi connectivity index (χ0n) is 11.8. The highest BCUT2D eigenvalue weighted by atomic mass is 16.3. The molecular weight excluding hydrogens is 252 g/mol. The van der Waals surface area contributed by atoms with E-state index in [9.17, 15) is 9.90 Å². The molecule has 0 spiro atoms. The summed E-state index contributed by atoms with van der Waals surface area (Å²) in [6.45, 7) is 2.53. The summed E-state index contributed by atoms with van der Waals surface area (Å²) in [6, 6.07) is 10.1. The van der Waals surface area contributed by atoms with E-state index in [1.165, 1.54) is 5.56 Å². The normalized spacial score (nSPS) is 20.4. The Labute approximate surface area is 120 Å². The van der Waals surface area contributed by atoms with Crippen LogP contribution in [0, 0.1) is 5.92 Å². The number of piperidine rings is 1. The van der Waals surface area contributed by atoms with Gasteiger partial charge in [0.1, 0.15) is 0 Å². The van der Waals surface area contributed by atoms with Crippen molar-refractivity contribution in [1.82, 2.24) is 10.6 Å². The molecule has 2 atom stereocenters. The third kappa shape index (κ3) is 4.32. The van der Waals surface area contributed by atoms with E-state index in [1.807, 2.05) is 18.2 Å².